The molecule has 2 rings (SSSR count). The van der Waals surface area contributed by atoms with Crippen molar-refractivity contribution < 1.29 is 32.6 Å². The minimum Gasteiger partial charge on any atom is -0.481 e. The van der Waals surface area contributed by atoms with Gasteiger partial charge in [-0.05, 0) is 24.5 Å². The average Bonchev–Trinajstić information content (AvgIpc) is 2.93. The van der Waals surface area contributed by atoms with Crippen LogP contribution in [0, 0.1) is 5.92 Å². The first-order chi connectivity index (χ1) is 11.6. The highest BCUT2D eigenvalue weighted by Gasteiger charge is 2.39. The molecule has 0 aliphatic carbocycles. The van der Waals surface area contributed by atoms with Crippen molar-refractivity contribution in [3.8, 4) is 0 Å². The van der Waals surface area contributed by atoms with E-state index in [4.69, 9.17) is 9.84 Å². The molecular weight excluding hydrogens is 339 g/mol. The van der Waals surface area contributed by atoms with E-state index >= 15 is 0 Å². The van der Waals surface area contributed by atoms with Crippen LogP contribution in [-0.4, -0.2) is 35.7 Å². The molecule has 0 spiro atoms. The smallest absolute Gasteiger partial charge is 0.416 e. The maximum atomic E-state index is 12.8. The van der Waals surface area contributed by atoms with Crippen LogP contribution in [0.2, 0.25) is 0 Å². The van der Waals surface area contributed by atoms with E-state index in [1.807, 2.05) is 0 Å². The van der Waals surface area contributed by atoms with E-state index in [1.165, 1.54) is 12.1 Å². The molecule has 138 valence electrons. The van der Waals surface area contributed by atoms with Gasteiger partial charge in [-0.1, -0.05) is 25.1 Å². The maximum absolute atomic E-state index is 12.8. The average molecular weight is 359 g/mol. The lowest BCUT2D eigenvalue weighted by Crippen LogP contribution is -2.52. The summed E-state index contributed by atoms with van der Waals surface area (Å²) in [4.78, 5) is 23.4. The van der Waals surface area contributed by atoms with Crippen molar-refractivity contribution in [2.75, 3.05) is 13.2 Å². The first kappa shape index (κ1) is 19.2. The zero-order valence-electron chi connectivity index (χ0n) is 13.7. The molecule has 0 aromatic heterocycles. The van der Waals surface area contributed by atoms with Crippen LogP contribution in [0.4, 0.5) is 13.2 Å². The number of carbonyl (C=O) groups excluding carboxylic acids is 1. The molecule has 5 nitrogen and oxygen atoms in total. The number of ether oxygens (including phenoxy) is 1. The Labute approximate surface area is 143 Å². The number of amides is 1. The van der Waals surface area contributed by atoms with E-state index < -0.39 is 35.1 Å². The summed E-state index contributed by atoms with van der Waals surface area (Å²) in [6.45, 7) is 2.07. The third-order valence-electron chi connectivity index (χ3n) is 4.23. The molecule has 25 heavy (non-hydrogen) atoms. The lowest BCUT2D eigenvalue weighted by atomic mass is 9.92. The van der Waals surface area contributed by atoms with Crippen molar-refractivity contribution in [2.24, 2.45) is 5.92 Å². The first-order valence-electron chi connectivity index (χ1n) is 7.89. The van der Waals surface area contributed by atoms with Crippen LogP contribution in [-0.2, 0) is 26.9 Å². The fraction of sp³-hybridized carbons (Fsp3) is 0.529. The molecule has 1 heterocycles. The molecule has 1 saturated heterocycles. The number of halogens is 3. The Morgan fingerprint density at radius 2 is 2.12 bits per heavy atom. The van der Waals surface area contributed by atoms with Gasteiger partial charge in [-0.2, -0.15) is 13.2 Å². The first-order valence-corrected chi connectivity index (χ1v) is 7.89. The number of hydrogen-bond acceptors (Lipinski definition) is 3. The second-order valence-corrected chi connectivity index (χ2v) is 6.45. The number of carbonyl (C=O) groups is 2. The predicted octanol–water partition coefficient (Wildman–Crippen LogP) is 2.63. The van der Waals surface area contributed by atoms with E-state index in [2.05, 4.69) is 5.32 Å². The maximum Gasteiger partial charge on any atom is 0.416 e. The molecule has 1 aliphatic heterocycles. The zero-order valence-corrected chi connectivity index (χ0v) is 13.7. The molecule has 8 heteroatoms. The molecule has 0 radical (unpaired) electrons. The van der Waals surface area contributed by atoms with E-state index in [9.17, 15) is 22.8 Å². The monoisotopic (exact) mass is 359 g/mol. The topological polar surface area (TPSA) is 75.6 Å². The Hall–Kier alpha value is -2.09. The van der Waals surface area contributed by atoms with E-state index in [0.717, 1.165) is 12.1 Å². The molecule has 1 aromatic carbocycles. The van der Waals surface area contributed by atoms with Crippen molar-refractivity contribution in [2.45, 2.75) is 37.9 Å². The Morgan fingerprint density at radius 3 is 2.68 bits per heavy atom. The number of carboxylic acids is 1. The highest BCUT2D eigenvalue weighted by atomic mass is 19.4. The minimum absolute atomic E-state index is 0.112. The second kappa shape index (κ2) is 7.43. The Morgan fingerprint density at radius 1 is 1.40 bits per heavy atom. The summed E-state index contributed by atoms with van der Waals surface area (Å²) in [5.41, 5.74) is -1.32. The molecular formula is C17H20F3NO4. The SMILES string of the molecule is CC(Cc1cccc(C(F)(F)F)c1)C(=O)NC1(CC(=O)O)CCOC1. The Bertz CT molecular complexity index is 639. The summed E-state index contributed by atoms with van der Waals surface area (Å²) in [5, 5.41) is 11.7. The normalized spacial score (nSPS) is 21.8. The Balaban J connectivity index is 2.04. The third-order valence-corrected chi connectivity index (χ3v) is 4.23. The molecule has 0 saturated carbocycles. The van der Waals surface area contributed by atoms with Crippen molar-refractivity contribution in [1.82, 2.24) is 5.32 Å². The standard InChI is InChI=1S/C17H20F3NO4/c1-11(7-12-3-2-4-13(8-12)17(18,19)20)15(24)21-16(9-14(22)23)5-6-25-10-16/h2-4,8,11H,5-7,9-10H2,1H3,(H,21,24)(H,22,23). The Kier molecular flexibility index (Phi) is 5.72. The summed E-state index contributed by atoms with van der Waals surface area (Å²) in [5.74, 6) is -2.05. The van der Waals surface area contributed by atoms with Gasteiger partial charge in [0.05, 0.1) is 24.1 Å². The summed E-state index contributed by atoms with van der Waals surface area (Å²) in [6, 6.07) is 4.84. The number of alkyl halides is 3. The minimum atomic E-state index is -4.44. The number of nitrogens with one attached hydrogen (secondary N) is 1. The van der Waals surface area contributed by atoms with Crippen molar-refractivity contribution >= 4 is 11.9 Å². The lowest BCUT2D eigenvalue weighted by Gasteiger charge is -2.28. The highest BCUT2D eigenvalue weighted by molar-refractivity contribution is 5.80. The third kappa shape index (κ3) is 5.19. The van der Waals surface area contributed by atoms with Crippen molar-refractivity contribution in [3.05, 3.63) is 35.4 Å². The van der Waals surface area contributed by atoms with Gasteiger partial charge in [-0.15, -0.1) is 0 Å². The van der Waals surface area contributed by atoms with Gasteiger partial charge in [-0.3, -0.25) is 9.59 Å². The van der Waals surface area contributed by atoms with Crippen LogP contribution in [0.3, 0.4) is 0 Å². The van der Waals surface area contributed by atoms with Crippen molar-refractivity contribution in [3.63, 3.8) is 0 Å². The molecule has 1 amide bonds. The lowest BCUT2D eigenvalue weighted by molar-refractivity contribution is -0.139. The fourth-order valence-electron chi connectivity index (χ4n) is 2.88. The van der Waals surface area contributed by atoms with Gasteiger partial charge in [0.15, 0.2) is 0 Å². The van der Waals surface area contributed by atoms with Gasteiger partial charge in [0, 0.05) is 12.5 Å². The van der Waals surface area contributed by atoms with E-state index in [0.29, 0.717) is 18.6 Å². The number of carboxylic acid groups (broad SMARTS) is 1. The number of aliphatic carboxylic acids is 1. The number of rotatable bonds is 6. The summed E-state index contributed by atoms with van der Waals surface area (Å²) in [7, 11) is 0. The molecule has 2 atom stereocenters. The quantitative estimate of drug-likeness (QED) is 0.819. The van der Waals surface area contributed by atoms with Gasteiger partial charge < -0.3 is 15.2 Å². The molecule has 1 fully saturated rings. The number of benzene rings is 1. The molecule has 1 aromatic rings. The summed E-state index contributed by atoms with van der Waals surface area (Å²) < 4.78 is 43.5. The van der Waals surface area contributed by atoms with Crippen LogP contribution in [0.25, 0.3) is 0 Å². The van der Waals surface area contributed by atoms with Gasteiger partial charge >= 0.3 is 12.1 Å². The van der Waals surface area contributed by atoms with E-state index in [1.54, 1.807) is 6.92 Å². The van der Waals surface area contributed by atoms with Gasteiger partial charge in [-0.25, -0.2) is 0 Å². The van der Waals surface area contributed by atoms with Crippen molar-refractivity contribution in [1.29, 1.82) is 0 Å². The largest absolute Gasteiger partial charge is 0.481 e. The van der Waals surface area contributed by atoms with Gasteiger partial charge in [0.2, 0.25) is 5.91 Å². The second-order valence-electron chi connectivity index (χ2n) is 6.45. The predicted molar refractivity (Wildman–Crippen MR) is 82.9 cm³/mol. The molecule has 0 bridgehead atoms. The van der Waals surface area contributed by atoms with Crippen LogP contribution in [0.5, 0.6) is 0 Å². The van der Waals surface area contributed by atoms with Crippen LogP contribution in [0.15, 0.2) is 24.3 Å². The van der Waals surface area contributed by atoms with Gasteiger partial charge in [0.25, 0.3) is 0 Å². The van der Waals surface area contributed by atoms with E-state index in [-0.39, 0.29) is 19.4 Å². The van der Waals surface area contributed by atoms with Crippen LogP contribution < -0.4 is 5.32 Å². The highest BCUT2D eigenvalue weighted by Crippen LogP contribution is 2.30. The van der Waals surface area contributed by atoms with Gasteiger partial charge in [0.1, 0.15) is 0 Å². The van der Waals surface area contributed by atoms with Crippen LogP contribution in [0.1, 0.15) is 30.9 Å². The van der Waals surface area contributed by atoms with Crippen LogP contribution >= 0.6 is 0 Å². The fourth-order valence-corrected chi connectivity index (χ4v) is 2.88. The number of hydrogen-bond donors (Lipinski definition) is 2. The summed E-state index contributed by atoms with van der Waals surface area (Å²) >= 11 is 0. The molecule has 1 aliphatic rings. The summed E-state index contributed by atoms with van der Waals surface area (Å²) in [6.07, 6.45) is -4.18. The zero-order chi connectivity index (χ0) is 18.7. The molecule has 2 unspecified atom stereocenters. The molecule has 2 N–H and O–H groups in total.